The van der Waals surface area contributed by atoms with Gasteiger partial charge in [-0.05, 0) is 20.2 Å². The van der Waals surface area contributed by atoms with Crippen molar-refractivity contribution in [3.63, 3.8) is 0 Å². The Morgan fingerprint density at radius 2 is 2.11 bits per heavy atom. The molecule has 1 fully saturated rings. The number of pyridine rings is 1. The van der Waals surface area contributed by atoms with Gasteiger partial charge in [0, 0.05) is 44.5 Å². The first-order valence-electron chi connectivity index (χ1n) is 6.30. The molecule has 1 aliphatic rings. The van der Waals surface area contributed by atoms with Crippen LogP contribution < -0.4 is 5.56 Å². The Bertz CT molecular complexity index is 526. The molecule has 0 saturated carbocycles. The van der Waals surface area contributed by atoms with Crippen LogP contribution >= 0.6 is 0 Å². The van der Waals surface area contributed by atoms with Crippen LogP contribution in [0, 0.1) is 0 Å². The van der Waals surface area contributed by atoms with Crippen LogP contribution in [0.3, 0.4) is 0 Å². The fraction of sp³-hybridized carbons (Fsp3) is 0.538. The standard InChI is InChI=1S/C13H19N3O3/c1-14-5-6-15(2)11(8-14)9-16-7-10(13(18)19)3-4-12(16)17/h3-4,7,11H,5-6,8-9H2,1-2H3,(H,18,19). The van der Waals surface area contributed by atoms with Gasteiger partial charge in [0.15, 0.2) is 0 Å². The van der Waals surface area contributed by atoms with E-state index in [1.807, 2.05) is 7.05 Å². The third kappa shape index (κ3) is 3.21. The lowest BCUT2D eigenvalue weighted by atomic mass is 10.2. The summed E-state index contributed by atoms with van der Waals surface area (Å²) in [6.07, 6.45) is 1.42. The lowest BCUT2D eigenvalue weighted by molar-refractivity contribution is 0.0694. The zero-order valence-corrected chi connectivity index (χ0v) is 11.2. The van der Waals surface area contributed by atoms with Crippen molar-refractivity contribution in [1.82, 2.24) is 14.4 Å². The maximum absolute atomic E-state index is 11.8. The molecule has 1 atom stereocenters. The third-order valence-electron chi connectivity index (χ3n) is 3.62. The lowest BCUT2D eigenvalue weighted by Gasteiger charge is -2.37. The van der Waals surface area contributed by atoms with Crippen LogP contribution in [-0.2, 0) is 6.54 Å². The molecule has 1 N–H and O–H groups in total. The molecule has 1 aliphatic heterocycles. The number of hydrogen-bond donors (Lipinski definition) is 1. The highest BCUT2D eigenvalue weighted by molar-refractivity contribution is 5.87. The molecule has 2 rings (SSSR count). The van der Waals surface area contributed by atoms with Crippen LogP contribution in [-0.4, -0.2) is 65.2 Å². The number of rotatable bonds is 3. The molecule has 1 saturated heterocycles. The molecule has 0 spiro atoms. The summed E-state index contributed by atoms with van der Waals surface area (Å²) in [5.41, 5.74) is -0.0157. The van der Waals surface area contributed by atoms with Crippen LogP contribution in [0.15, 0.2) is 23.1 Å². The van der Waals surface area contributed by atoms with Gasteiger partial charge in [-0.3, -0.25) is 9.69 Å². The minimum absolute atomic E-state index is 0.145. The summed E-state index contributed by atoms with van der Waals surface area (Å²) in [6, 6.07) is 2.88. The summed E-state index contributed by atoms with van der Waals surface area (Å²) in [5, 5.41) is 8.97. The van der Waals surface area contributed by atoms with E-state index in [9.17, 15) is 9.59 Å². The first kappa shape index (κ1) is 13.8. The Morgan fingerprint density at radius 1 is 1.37 bits per heavy atom. The predicted molar refractivity (Wildman–Crippen MR) is 71.6 cm³/mol. The molecule has 1 unspecified atom stereocenters. The quantitative estimate of drug-likeness (QED) is 0.819. The summed E-state index contributed by atoms with van der Waals surface area (Å²) in [6.45, 7) is 3.35. The van der Waals surface area contributed by atoms with Crippen molar-refractivity contribution in [2.24, 2.45) is 0 Å². The molecule has 2 heterocycles. The molecule has 0 radical (unpaired) electrons. The average Bonchev–Trinajstić information content (AvgIpc) is 2.36. The highest BCUT2D eigenvalue weighted by atomic mass is 16.4. The average molecular weight is 265 g/mol. The minimum Gasteiger partial charge on any atom is -0.478 e. The van der Waals surface area contributed by atoms with Crippen LogP contribution in [0.5, 0.6) is 0 Å². The van der Waals surface area contributed by atoms with Gasteiger partial charge < -0.3 is 14.6 Å². The summed E-state index contributed by atoms with van der Waals surface area (Å²) in [5.74, 6) is -1.01. The smallest absolute Gasteiger partial charge is 0.337 e. The van der Waals surface area contributed by atoms with E-state index in [-0.39, 0.29) is 17.2 Å². The lowest BCUT2D eigenvalue weighted by Crippen LogP contribution is -2.52. The van der Waals surface area contributed by atoms with Gasteiger partial charge in [0.05, 0.1) is 5.56 Å². The number of piperazine rings is 1. The highest BCUT2D eigenvalue weighted by Gasteiger charge is 2.22. The van der Waals surface area contributed by atoms with E-state index in [1.165, 1.54) is 22.9 Å². The number of nitrogens with zero attached hydrogens (tertiary/aromatic N) is 3. The van der Waals surface area contributed by atoms with E-state index < -0.39 is 5.97 Å². The van der Waals surface area contributed by atoms with E-state index in [2.05, 4.69) is 16.8 Å². The Labute approximate surface area is 111 Å². The molecular formula is C13H19N3O3. The maximum atomic E-state index is 11.8. The topological polar surface area (TPSA) is 65.8 Å². The van der Waals surface area contributed by atoms with Crippen molar-refractivity contribution < 1.29 is 9.90 Å². The second kappa shape index (κ2) is 5.54. The second-order valence-corrected chi connectivity index (χ2v) is 5.11. The Morgan fingerprint density at radius 3 is 2.79 bits per heavy atom. The van der Waals surface area contributed by atoms with Crippen molar-refractivity contribution in [1.29, 1.82) is 0 Å². The molecule has 6 nitrogen and oxygen atoms in total. The zero-order valence-electron chi connectivity index (χ0n) is 11.2. The number of aromatic nitrogens is 1. The Kier molecular flexibility index (Phi) is 4.01. The van der Waals surface area contributed by atoms with Crippen molar-refractivity contribution in [3.8, 4) is 0 Å². The number of likely N-dealkylation sites (N-methyl/N-ethyl adjacent to an activating group) is 2. The number of carboxylic acids is 1. The maximum Gasteiger partial charge on any atom is 0.337 e. The number of aromatic carboxylic acids is 1. The fourth-order valence-corrected chi connectivity index (χ4v) is 2.33. The van der Waals surface area contributed by atoms with Gasteiger partial charge in [0.1, 0.15) is 0 Å². The van der Waals surface area contributed by atoms with E-state index in [0.29, 0.717) is 6.54 Å². The van der Waals surface area contributed by atoms with Crippen LogP contribution in [0.1, 0.15) is 10.4 Å². The SMILES string of the molecule is CN1CCN(C)C(Cn2cc(C(=O)O)ccc2=O)C1. The van der Waals surface area contributed by atoms with Gasteiger partial charge in [-0.15, -0.1) is 0 Å². The molecule has 0 bridgehead atoms. The van der Waals surface area contributed by atoms with Crippen LogP contribution in [0.25, 0.3) is 0 Å². The molecule has 0 aromatic carbocycles. The molecule has 0 aliphatic carbocycles. The highest BCUT2D eigenvalue weighted by Crippen LogP contribution is 2.08. The summed E-state index contributed by atoms with van der Waals surface area (Å²) >= 11 is 0. The van der Waals surface area contributed by atoms with E-state index in [1.54, 1.807) is 0 Å². The van der Waals surface area contributed by atoms with Gasteiger partial charge in [-0.2, -0.15) is 0 Å². The Balaban J connectivity index is 2.20. The van der Waals surface area contributed by atoms with Crippen LogP contribution in [0.2, 0.25) is 0 Å². The monoisotopic (exact) mass is 265 g/mol. The van der Waals surface area contributed by atoms with Gasteiger partial charge in [-0.1, -0.05) is 0 Å². The molecule has 104 valence electrons. The van der Waals surface area contributed by atoms with Crippen molar-refractivity contribution in [3.05, 3.63) is 34.2 Å². The largest absolute Gasteiger partial charge is 0.478 e. The zero-order chi connectivity index (χ0) is 14.0. The number of hydrogen-bond acceptors (Lipinski definition) is 4. The van der Waals surface area contributed by atoms with E-state index >= 15 is 0 Å². The molecular weight excluding hydrogens is 246 g/mol. The molecule has 1 aromatic rings. The van der Waals surface area contributed by atoms with Crippen LogP contribution in [0.4, 0.5) is 0 Å². The first-order valence-corrected chi connectivity index (χ1v) is 6.30. The van der Waals surface area contributed by atoms with Crippen molar-refractivity contribution >= 4 is 5.97 Å². The summed E-state index contributed by atoms with van der Waals surface area (Å²) in [4.78, 5) is 27.2. The second-order valence-electron chi connectivity index (χ2n) is 5.11. The normalized spacial score (nSPS) is 21.5. The van der Waals surface area contributed by atoms with Gasteiger partial charge in [0.25, 0.3) is 5.56 Å². The Hall–Kier alpha value is -1.66. The van der Waals surface area contributed by atoms with Gasteiger partial charge in [-0.25, -0.2) is 4.79 Å². The van der Waals surface area contributed by atoms with Crippen molar-refractivity contribution in [2.75, 3.05) is 33.7 Å². The van der Waals surface area contributed by atoms with Crippen molar-refractivity contribution in [2.45, 2.75) is 12.6 Å². The molecule has 19 heavy (non-hydrogen) atoms. The van der Waals surface area contributed by atoms with E-state index in [4.69, 9.17) is 5.11 Å². The minimum atomic E-state index is -1.01. The number of carbonyl (C=O) groups is 1. The van der Waals surface area contributed by atoms with Gasteiger partial charge >= 0.3 is 5.97 Å². The summed E-state index contributed by atoms with van der Waals surface area (Å²) < 4.78 is 1.49. The summed E-state index contributed by atoms with van der Waals surface area (Å²) in [7, 11) is 4.08. The fourth-order valence-electron chi connectivity index (χ4n) is 2.33. The first-order chi connectivity index (χ1) is 8.97. The third-order valence-corrected chi connectivity index (χ3v) is 3.62. The van der Waals surface area contributed by atoms with Gasteiger partial charge in [0.2, 0.25) is 0 Å². The predicted octanol–water partition coefficient (Wildman–Crippen LogP) is -0.208. The number of carboxylic acid groups (broad SMARTS) is 1. The van der Waals surface area contributed by atoms with E-state index in [0.717, 1.165) is 19.6 Å². The molecule has 6 heteroatoms. The molecule has 1 aromatic heterocycles. The molecule has 0 amide bonds.